The number of anilines is 2. The zero-order chi connectivity index (χ0) is 18.7. The van der Waals surface area contributed by atoms with E-state index in [4.69, 9.17) is 9.88 Å². The summed E-state index contributed by atoms with van der Waals surface area (Å²) in [6.07, 6.45) is 2.52. The molecule has 0 saturated heterocycles. The highest BCUT2D eigenvalue weighted by Gasteiger charge is 2.28. The molecule has 26 heavy (non-hydrogen) atoms. The minimum Gasteiger partial charge on any atom is -0.471 e. The van der Waals surface area contributed by atoms with E-state index in [-0.39, 0.29) is 22.3 Å². The Morgan fingerprint density at radius 3 is 2.62 bits per heavy atom. The zero-order valence-corrected chi connectivity index (χ0v) is 14.5. The van der Waals surface area contributed by atoms with Gasteiger partial charge < -0.3 is 15.2 Å². The molecule has 136 valence electrons. The molecule has 3 rings (SSSR count). The Kier molecular flexibility index (Phi) is 5.03. The SMILES string of the molecule is N#Cc1cnc(Nc2ccc(S(N)(=O)=O)cc2)nc1OC1CCCC1O. The lowest BCUT2D eigenvalue weighted by atomic mass is 10.2. The lowest BCUT2D eigenvalue weighted by molar-refractivity contribution is 0.0572. The molecule has 0 amide bonds. The van der Waals surface area contributed by atoms with Gasteiger partial charge in [-0.1, -0.05) is 0 Å². The maximum Gasteiger partial charge on any atom is 0.238 e. The number of aliphatic hydroxyl groups is 1. The Morgan fingerprint density at radius 2 is 2.04 bits per heavy atom. The van der Waals surface area contributed by atoms with Crippen LogP contribution in [0.2, 0.25) is 0 Å². The molecule has 0 aliphatic heterocycles. The molecule has 0 spiro atoms. The molecule has 2 atom stereocenters. The molecule has 1 aromatic carbocycles. The third-order valence-corrected chi connectivity index (χ3v) is 4.92. The minimum atomic E-state index is -3.77. The maximum absolute atomic E-state index is 11.3. The zero-order valence-electron chi connectivity index (χ0n) is 13.7. The van der Waals surface area contributed by atoms with Crippen LogP contribution in [0, 0.1) is 11.3 Å². The predicted octanol–water partition coefficient (Wildman–Crippen LogP) is 1.03. The summed E-state index contributed by atoms with van der Waals surface area (Å²) < 4.78 is 28.2. The second-order valence-corrected chi connectivity index (χ2v) is 7.43. The van der Waals surface area contributed by atoms with Crippen molar-refractivity contribution in [3.63, 3.8) is 0 Å². The van der Waals surface area contributed by atoms with Crippen LogP contribution in [-0.2, 0) is 10.0 Å². The first-order chi connectivity index (χ1) is 12.4. The fourth-order valence-corrected chi connectivity index (χ4v) is 3.15. The number of nitrogens with one attached hydrogen (secondary N) is 1. The van der Waals surface area contributed by atoms with Crippen molar-refractivity contribution < 1.29 is 18.3 Å². The summed E-state index contributed by atoms with van der Waals surface area (Å²) in [7, 11) is -3.77. The molecule has 1 aromatic heterocycles. The van der Waals surface area contributed by atoms with Crippen LogP contribution >= 0.6 is 0 Å². The molecule has 9 nitrogen and oxygen atoms in total. The Bertz CT molecular complexity index is 940. The predicted molar refractivity (Wildman–Crippen MR) is 92.1 cm³/mol. The first-order valence-corrected chi connectivity index (χ1v) is 9.43. The Morgan fingerprint density at radius 1 is 1.31 bits per heavy atom. The van der Waals surface area contributed by atoms with Gasteiger partial charge in [-0.15, -0.1) is 0 Å². The number of hydrogen-bond acceptors (Lipinski definition) is 8. The van der Waals surface area contributed by atoms with E-state index in [1.807, 2.05) is 6.07 Å². The van der Waals surface area contributed by atoms with Crippen molar-refractivity contribution in [3.8, 4) is 11.9 Å². The topological polar surface area (TPSA) is 151 Å². The lowest BCUT2D eigenvalue weighted by Crippen LogP contribution is -2.26. The number of sulfonamides is 1. The van der Waals surface area contributed by atoms with Gasteiger partial charge in [0, 0.05) is 5.69 Å². The monoisotopic (exact) mass is 375 g/mol. The maximum atomic E-state index is 11.3. The quantitative estimate of drug-likeness (QED) is 0.701. The molecular weight excluding hydrogens is 358 g/mol. The van der Waals surface area contributed by atoms with Gasteiger partial charge in [0.2, 0.25) is 21.9 Å². The third kappa shape index (κ3) is 4.08. The van der Waals surface area contributed by atoms with Crippen LogP contribution in [0.5, 0.6) is 5.88 Å². The summed E-state index contributed by atoms with van der Waals surface area (Å²) in [6.45, 7) is 0. The van der Waals surface area contributed by atoms with E-state index in [0.717, 1.165) is 6.42 Å². The van der Waals surface area contributed by atoms with E-state index >= 15 is 0 Å². The summed E-state index contributed by atoms with van der Waals surface area (Å²) in [5.74, 6) is 0.270. The first-order valence-electron chi connectivity index (χ1n) is 7.88. The van der Waals surface area contributed by atoms with Gasteiger partial charge in [0.1, 0.15) is 17.7 Å². The molecule has 1 aliphatic rings. The molecule has 2 aromatic rings. The number of aromatic nitrogens is 2. The van der Waals surface area contributed by atoms with E-state index < -0.39 is 22.2 Å². The van der Waals surface area contributed by atoms with Crippen molar-refractivity contribution in [1.82, 2.24) is 9.97 Å². The highest BCUT2D eigenvalue weighted by atomic mass is 32.2. The van der Waals surface area contributed by atoms with Gasteiger partial charge in [-0.3, -0.25) is 0 Å². The van der Waals surface area contributed by atoms with E-state index in [1.165, 1.54) is 30.5 Å². The highest BCUT2D eigenvalue weighted by molar-refractivity contribution is 7.89. The second-order valence-electron chi connectivity index (χ2n) is 5.87. The standard InChI is InChI=1S/C16H17N5O4S/c17-8-10-9-19-16(21-15(10)25-14-3-1-2-13(14)22)20-11-4-6-12(7-5-11)26(18,23)24/h4-7,9,13-14,22H,1-3H2,(H2,18,23,24)(H,19,20,21). The van der Waals surface area contributed by atoms with Gasteiger partial charge >= 0.3 is 0 Å². The molecule has 0 bridgehead atoms. The van der Waals surface area contributed by atoms with Crippen LogP contribution < -0.4 is 15.2 Å². The Balaban J connectivity index is 1.80. The van der Waals surface area contributed by atoms with Crippen molar-refractivity contribution in [1.29, 1.82) is 5.26 Å². The van der Waals surface area contributed by atoms with Crippen LogP contribution in [0.4, 0.5) is 11.6 Å². The molecule has 1 aliphatic carbocycles. The van der Waals surface area contributed by atoms with Gasteiger partial charge in [0.05, 0.1) is 17.2 Å². The smallest absolute Gasteiger partial charge is 0.238 e. The van der Waals surface area contributed by atoms with Gasteiger partial charge in [0.15, 0.2) is 0 Å². The molecule has 10 heteroatoms. The van der Waals surface area contributed by atoms with Crippen molar-refractivity contribution >= 4 is 21.7 Å². The highest BCUT2D eigenvalue weighted by Crippen LogP contribution is 2.26. The van der Waals surface area contributed by atoms with Gasteiger partial charge in [-0.2, -0.15) is 10.2 Å². The normalized spacial score (nSPS) is 19.7. The van der Waals surface area contributed by atoms with Crippen molar-refractivity contribution in [2.75, 3.05) is 5.32 Å². The van der Waals surface area contributed by atoms with Crippen molar-refractivity contribution in [2.24, 2.45) is 5.14 Å². The van der Waals surface area contributed by atoms with Crippen LogP contribution in [0.1, 0.15) is 24.8 Å². The van der Waals surface area contributed by atoms with Gasteiger partial charge in [-0.05, 0) is 43.5 Å². The van der Waals surface area contributed by atoms with E-state index in [0.29, 0.717) is 18.5 Å². The van der Waals surface area contributed by atoms with Crippen molar-refractivity contribution in [2.45, 2.75) is 36.4 Å². The average Bonchev–Trinajstić information content (AvgIpc) is 3.00. The largest absolute Gasteiger partial charge is 0.471 e. The molecule has 1 saturated carbocycles. The number of nitrogens with two attached hydrogens (primary N) is 1. The second kappa shape index (κ2) is 7.25. The summed E-state index contributed by atoms with van der Waals surface area (Å²) in [4.78, 5) is 8.22. The molecule has 2 unspecified atom stereocenters. The summed E-state index contributed by atoms with van der Waals surface area (Å²) in [5.41, 5.74) is 0.702. The summed E-state index contributed by atoms with van der Waals surface area (Å²) in [6, 6.07) is 7.70. The Labute approximate surface area is 150 Å². The number of benzene rings is 1. The molecule has 1 fully saturated rings. The number of hydrogen-bond donors (Lipinski definition) is 3. The minimum absolute atomic E-state index is 0.0111. The third-order valence-electron chi connectivity index (χ3n) is 3.99. The molecular formula is C16H17N5O4S. The number of aliphatic hydroxyl groups excluding tert-OH is 1. The first kappa shape index (κ1) is 18.1. The summed E-state index contributed by atoms with van der Waals surface area (Å²) in [5, 5.41) is 27.0. The average molecular weight is 375 g/mol. The Hall–Kier alpha value is -2.74. The molecule has 0 radical (unpaired) electrons. The fourth-order valence-electron chi connectivity index (χ4n) is 2.64. The van der Waals surface area contributed by atoms with E-state index in [2.05, 4.69) is 15.3 Å². The van der Waals surface area contributed by atoms with Gasteiger partial charge in [-0.25, -0.2) is 18.5 Å². The fraction of sp³-hybridized carbons (Fsp3) is 0.312. The van der Waals surface area contributed by atoms with Crippen LogP contribution in [-0.4, -0.2) is 35.7 Å². The number of ether oxygens (including phenoxy) is 1. The lowest BCUT2D eigenvalue weighted by Gasteiger charge is -2.17. The van der Waals surface area contributed by atoms with Crippen LogP contribution in [0.15, 0.2) is 35.4 Å². The number of nitrogens with zero attached hydrogens (tertiary/aromatic N) is 3. The van der Waals surface area contributed by atoms with E-state index in [9.17, 15) is 18.8 Å². The number of primary sulfonamides is 1. The van der Waals surface area contributed by atoms with E-state index in [1.54, 1.807) is 0 Å². The molecule has 4 N–H and O–H groups in total. The van der Waals surface area contributed by atoms with Crippen molar-refractivity contribution in [3.05, 3.63) is 36.0 Å². The molecule has 1 heterocycles. The summed E-state index contributed by atoms with van der Waals surface area (Å²) >= 11 is 0. The van der Waals surface area contributed by atoms with Crippen LogP contribution in [0.25, 0.3) is 0 Å². The number of nitriles is 1. The van der Waals surface area contributed by atoms with Gasteiger partial charge in [0.25, 0.3) is 0 Å². The van der Waals surface area contributed by atoms with Crippen LogP contribution in [0.3, 0.4) is 0 Å². The number of rotatable bonds is 5.